The summed E-state index contributed by atoms with van der Waals surface area (Å²) in [4.78, 5) is 12.6. The van der Waals surface area contributed by atoms with Crippen LogP contribution in [0.5, 0.6) is 11.5 Å². The van der Waals surface area contributed by atoms with Crippen LogP contribution in [0.3, 0.4) is 0 Å². The van der Waals surface area contributed by atoms with Crippen molar-refractivity contribution in [2.24, 2.45) is 5.92 Å². The van der Waals surface area contributed by atoms with Crippen molar-refractivity contribution >= 4 is 44.9 Å². The summed E-state index contributed by atoms with van der Waals surface area (Å²) in [7, 11) is 0. The van der Waals surface area contributed by atoms with Crippen LogP contribution in [0.15, 0.2) is 77.3 Å². The number of benzene rings is 3. The van der Waals surface area contributed by atoms with Gasteiger partial charge in [0, 0.05) is 17.3 Å². The Morgan fingerprint density at radius 1 is 1.00 bits per heavy atom. The van der Waals surface area contributed by atoms with Gasteiger partial charge >= 0.3 is 0 Å². The molecule has 0 saturated heterocycles. The Hall–Kier alpha value is -2.90. The van der Waals surface area contributed by atoms with Crippen molar-refractivity contribution in [2.75, 3.05) is 11.9 Å². The van der Waals surface area contributed by atoms with Crippen molar-refractivity contribution in [3.8, 4) is 11.5 Å². The molecule has 0 unspecified atom stereocenters. The zero-order valence-corrected chi connectivity index (χ0v) is 21.0. The lowest BCUT2D eigenvalue weighted by atomic mass is 10.1. The van der Waals surface area contributed by atoms with Gasteiger partial charge in [-0.1, -0.05) is 50.2 Å². The Morgan fingerprint density at radius 3 is 2.52 bits per heavy atom. The molecular weight excluding hydrogens is 500 g/mol. The number of hydrogen-bond donors (Lipinski definition) is 2. The van der Waals surface area contributed by atoms with E-state index in [2.05, 4.69) is 40.4 Å². The van der Waals surface area contributed by atoms with E-state index >= 15 is 0 Å². The van der Waals surface area contributed by atoms with Crippen LogP contribution in [-0.2, 0) is 6.61 Å². The molecule has 0 spiro atoms. The molecule has 0 aliphatic heterocycles. The zero-order chi connectivity index (χ0) is 23.6. The van der Waals surface area contributed by atoms with Crippen LogP contribution < -0.4 is 20.1 Å². The molecule has 0 heterocycles. The van der Waals surface area contributed by atoms with Crippen LogP contribution in [0.25, 0.3) is 0 Å². The van der Waals surface area contributed by atoms with Gasteiger partial charge in [-0.15, -0.1) is 0 Å². The van der Waals surface area contributed by atoms with E-state index in [1.165, 1.54) is 0 Å². The molecule has 3 aromatic carbocycles. The minimum Gasteiger partial charge on any atom is -0.492 e. The van der Waals surface area contributed by atoms with Gasteiger partial charge in [-0.2, -0.15) is 0 Å². The van der Waals surface area contributed by atoms with Crippen molar-refractivity contribution in [2.45, 2.75) is 26.9 Å². The lowest BCUT2D eigenvalue weighted by Crippen LogP contribution is -2.34. The third kappa shape index (κ3) is 8.18. The van der Waals surface area contributed by atoms with Gasteiger partial charge in [-0.05, 0) is 76.4 Å². The Kier molecular flexibility index (Phi) is 9.27. The van der Waals surface area contributed by atoms with Crippen molar-refractivity contribution < 1.29 is 14.3 Å². The van der Waals surface area contributed by atoms with E-state index in [0.29, 0.717) is 36.2 Å². The molecule has 5 nitrogen and oxygen atoms in total. The number of amides is 1. The number of rotatable bonds is 9. The van der Waals surface area contributed by atoms with Gasteiger partial charge < -0.3 is 14.8 Å². The molecule has 33 heavy (non-hydrogen) atoms. The maximum Gasteiger partial charge on any atom is 0.257 e. The van der Waals surface area contributed by atoms with Crippen molar-refractivity contribution in [3.63, 3.8) is 0 Å². The highest BCUT2D eigenvalue weighted by molar-refractivity contribution is 9.10. The van der Waals surface area contributed by atoms with Crippen LogP contribution in [0.1, 0.15) is 36.2 Å². The van der Waals surface area contributed by atoms with Gasteiger partial charge in [0.1, 0.15) is 18.1 Å². The maximum atomic E-state index is 12.6. The molecule has 172 valence electrons. The SMILES string of the molecule is CC(C)CCOc1ccc(C(=O)NC(=S)Nc2cccc(OCc3ccccc3)c2)cc1Br. The Morgan fingerprint density at radius 2 is 1.79 bits per heavy atom. The molecule has 3 aromatic rings. The zero-order valence-electron chi connectivity index (χ0n) is 18.6. The molecule has 0 atom stereocenters. The van der Waals surface area contributed by atoms with Crippen LogP contribution in [-0.4, -0.2) is 17.6 Å². The topological polar surface area (TPSA) is 59.6 Å². The van der Waals surface area contributed by atoms with Gasteiger partial charge in [0.25, 0.3) is 5.91 Å². The lowest BCUT2D eigenvalue weighted by molar-refractivity contribution is 0.0977. The van der Waals surface area contributed by atoms with Crippen molar-refractivity contribution in [1.82, 2.24) is 5.32 Å². The summed E-state index contributed by atoms with van der Waals surface area (Å²) < 4.78 is 12.3. The Bertz CT molecular complexity index is 1090. The number of ether oxygens (including phenoxy) is 2. The Balaban J connectivity index is 1.53. The molecule has 7 heteroatoms. The molecule has 0 aliphatic rings. The second-order valence-corrected chi connectivity index (χ2v) is 9.15. The number of nitrogens with one attached hydrogen (secondary N) is 2. The highest BCUT2D eigenvalue weighted by Gasteiger charge is 2.11. The standard InChI is InChI=1S/C26H27BrN2O3S/c1-18(2)13-14-31-24-12-11-20(15-23(24)27)25(30)29-26(33)28-21-9-6-10-22(16-21)32-17-19-7-4-3-5-8-19/h3-12,15-16,18H,13-14,17H2,1-2H3,(H2,28,29,30,33). The van der Waals surface area contributed by atoms with Crippen molar-refractivity contribution in [1.29, 1.82) is 0 Å². The summed E-state index contributed by atoms with van der Waals surface area (Å²) in [5, 5.41) is 5.94. The third-order valence-corrected chi connectivity index (χ3v) is 5.54. The predicted molar refractivity (Wildman–Crippen MR) is 140 cm³/mol. The molecule has 0 aliphatic carbocycles. The van der Waals surface area contributed by atoms with Crippen LogP contribution in [0, 0.1) is 5.92 Å². The van der Waals surface area contributed by atoms with Crippen LogP contribution in [0.4, 0.5) is 5.69 Å². The van der Waals surface area contributed by atoms with E-state index in [1.54, 1.807) is 18.2 Å². The van der Waals surface area contributed by atoms with E-state index in [4.69, 9.17) is 21.7 Å². The number of hydrogen-bond acceptors (Lipinski definition) is 4. The van der Waals surface area contributed by atoms with E-state index < -0.39 is 0 Å². The summed E-state index contributed by atoms with van der Waals surface area (Å²) in [6.07, 6.45) is 0.965. The smallest absolute Gasteiger partial charge is 0.257 e. The predicted octanol–water partition coefficient (Wildman–Crippen LogP) is 6.58. The van der Waals surface area contributed by atoms with Crippen molar-refractivity contribution in [3.05, 3.63) is 88.4 Å². The fraction of sp³-hybridized carbons (Fsp3) is 0.231. The number of carbonyl (C=O) groups is 1. The normalized spacial score (nSPS) is 10.5. The molecule has 0 aromatic heterocycles. The quantitative estimate of drug-likeness (QED) is 0.308. The average Bonchev–Trinajstić information content (AvgIpc) is 2.79. The highest BCUT2D eigenvalue weighted by atomic mass is 79.9. The second kappa shape index (κ2) is 12.4. The van der Waals surface area contributed by atoms with E-state index in [0.717, 1.165) is 22.1 Å². The first-order valence-corrected chi connectivity index (χ1v) is 11.9. The van der Waals surface area contributed by atoms with Gasteiger partial charge in [-0.25, -0.2) is 0 Å². The summed E-state index contributed by atoms with van der Waals surface area (Å²) in [6.45, 7) is 5.40. The van der Waals surface area contributed by atoms with E-state index in [-0.39, 0.29) is 11.0 Å². The number of thiocarbonyl (C=S) groups is 1. The van der Waals surface area contributed by atoms with Gasteiger partial charge in [-0.3, -0.25) is 10.1 Å². The minimum atomic E-state index is -0.307. The first kappa shape index (κ1) is 24.7. The van der Waals surface area contributed by atoms with Crippen LogP contribution >= 0.6 is 28.1 Å². The van der Waals surface area contributed by atoms with Gasteiger partial charge in [0.05, 0.1) is 11.1 Å². The fourth-order valence-electron chi connectivity index (χ4n) is 2.91. The molecule has 0 bridgehead atoms. The molecule has 0 radical (unpaired) electrons. The molecule has 3 rings (SSSR count). The molecule has 0 fully saturated rings. The second-order valence-electron chi connectivity index (χ2n) is 7.89. The molecule has 0 saturated carbocycles. The number of carbonyl (C=O) groups excluding carboxylic acids is 1. The first-order valence-electron chi connectivity index (χ1n) is 10.7. The monoisotopic (exact) mass is 526 g/mol. The van der Waals surface area contributed by atoms with E-state index in [9.17, 15) is 4.79 Å². The molecule has 1 amide bonds. The molecular formula is C26H27BrN2O3S. The Labute approximate surface area is 208 Å². The summed E-state index contributed by atoms with van der Waals surface area (Å²) >= 11 is 8.79. The number of anilines is 1. The third-order valence-electron chi connectivity index (χ3n) is 4.71. The largest absolute Gasteiger partial charge is 0.492 e. The average molecular weight is 527 g/mol. The molecule has 2 N–H and O–H groups in total. The van der Waals surface area contributed by atoms with Gasteiger partial charge in [0.2, 0.25) is 0 Å². The summed E-state index contributed by atoms with van der Waals surface area (Å²) in [5.74, 6) is 1.67. The van der Waals surface area contributed by atoms with Crippen LogP contribution in [0.2, 0.25) is 0 Å². The lowest BCUT2D eigenvalue weighted by Gasteiger charge is -2.13. The highest BCUT2D eigenvalue weighted by Crippen LogP contribution is 2.26. The fourth-order valence-corrected chi connectivity index (χ4v) is 3.61. The summed E-state index contributed by atoms with van der Waals surface area (Å²) in [5.41, 5.74) is 2.28. The maximum absolute atomic E-state index is 12.6. The summed E-state index contributed by atoms with van der Waals surface area (Å²) in [6, 6.07) is 22.6. The minimum absolute atomic E-state index is 0.202. The van der Waals surface area contributed by atoms with E-state index in [1.807, 2.05) is 54.6 Å². The number of halogens is 1. The first-order chi connectivity index (χ1) is 15.9. The van der Waals surface area contributed by atoms with Gasteiger partial charge in [0.15, 0.2) is 5.11 Å².